The fourth-order valence-electron chi connectivity index (χ4n) is 1.07. The Morgan fingerprint density at radius 2 is 2.15 bits per heavy atom. The highest BCUT2D eigenvalue weighted by atomic mass is 32.2. The van der Waals surface area contributed by atoms with Crippen molar-refractivity contribution in [1.82, 2.24) is 4.90 Å². The molecule has 13 heavy (non-hydrogen) atoms. The van der Waals surface area contributed by atoms with Crippen molar-refractivity contribution in [3.05, 3.63) is 0 Å². The van der Waals surface area contributed by atoms with Crippen molar-refractivity contribution < 1.29 is 9.53 Å². The summed E-state index contributed by atoms with van der Waals surface area (Å²) in [6.07, 6.45) is 0.892. The van der Waals surface area contributed by atoms with Crippen LogP contribution in [0, 0.1) is 0 Å². The maximum atomic E-state index is 11.5. The second kappa shape index (κ2) is 4.22. The lowest BCUT2D eigenvalue weighted by atomic mass is 10.2. The van der Waals surface area contributed by atoms with Gasteiger partial charge in [-0.1, -0.05) is 0 Å². The number of thioether (sulfide) groups is 1. The lowest BCUT2D eigenvalue weighted by Crippen LogP contribution is -2.39. The van der Waals surface area contributed by atoms with Gasteiger partial charge in [0.15, 0.2) is 0 Å². The van der Waals surface area contributed by atoms with Gasteiger partial charge >= 0.3 is 6.09 Å². The van der Waals surface area contributed by atoms with Crippen LogP contribution in [0.3, 0.4) is 0 Å². The average Bonchev–Trinajstić information content (AvgIpc) is 2.03. The van der Waals surface area contributed by atoms with Crippen LogP contribution in [0.15, 0.2) is 0 Å². The molecule has 0 N–H and O–H groups in total. The predicted octanol–water partition coefficient (Wildman–Crippen LogP) is 2.32. The lowest BCUT2D eigenvalue weighted by molar-refractivity contribution is 0.0283. The van der Waals surface area contributed by atoms with E-state index >= 15 is 0 Å². The van der Waals surface area contributed by atoms with Crippen molar-refractivity contribution in [2.45, 2.75) is 32.8 Å². The van der Waals surface area contributed by atoms with Crippen LogP contribution >= 0.6 is 11.8 Å². The Bertz CT molecular complexity index is 183. The van der Waals surface area contributed by atoms with Gasteiger partial charge in [0, 0.05) is 6.54 Å². The number of ether oxygens (including phenoxy) is 1. The number of amides is 1. The third kappa shape index (κ3) is 3.89. The van der Waals surface area contributed by atoms with Gasteiger partial charge in [0.25, 0.3) is 0 Å². The maximum Gasteiger partial charge on any atom is 0.410 e. The molecule has 3 nitrogen and oxygen atoms in total. The molecule has 1 heterocycles. The molecule has 1 rings (SSSR count). The summed E-state index contributed by atoms with van der Waals surface area (Å²) in [7, 11) is 0. The first-order chi connectivity index (χ1) is 5.99. The number of carbonyl (C=O) groups excluding carboxylic acids is 1. The van der Waals surface area contributed by atoms with Gasteiger partial charge in [0.2, 0.25) is 0 Å². The molecule has 76 valence electrons. The van der Waals surface area contributed by atoms with Crippen molar-refractivity contribution in [3.8, 4) is 0 Å². The van der Waals surface area contributed by atoms with E-state index in [9.17, 15) is 4.79 Å². The van der Waals surface area contributed by atoms with Crippen molar-refractivity contribution in [2.24, 2.45) is 0 Å². The van der Waals surface area contributed by atoms with Gasteiger partial charge < -0.3 is 4.74 Å². The van der Waals surface area contributed by atoms with Crippen molar-refractivity contribution >= 4 is 17.9 Å². The van der Waals surface area contributed by atoms with Gasteiger partial charge in [0.05, 0.1) is 5.88 Å². The van der Waals surface area contributed by atoms with Crippen LogP contribution in [0.1, 0.15) is 27.2 Å². The molecule has 1 fully saturated rings. The summed E-state index contributed by atoms with van der Waals surface area (Å²) in [6, 6.07) is 0. The summed E-state index contributed by atoms with van der Waals surface area (Å²) in [6.45, 7) is 6.51. The highest BCUT2D eigenvalue weighted by molar-refractivity contribution is 7.99. The third-order valence-corrected chi connectivity index (χ3v) is 2.69. The molecule has 0 radical (unpaired) electrons. The Balaban J connectivity index is 2.38. The second-order valence-corrected chi connectivity index (χ2v) is 5.21. The zero-order valence-corrected chi connectivity index (χ0v) is 9.32. The SMILES string of the molecule is CC(C)(C)OC(=O)N1CCCSC1. The first-order valence-corrected chi connectivity index (χ1v) is 5.70. The topological polar surface area (TPSA) is 29.5 Å². The van der Waals surface area contributed by atoms with E-state index in [0.29, 0.717) is 0 Å². The van der Waals surface area contributed by atoms with Crippen LogP contribution in [-0.4, -0.2) is 34.8 Å². The first kappa shape index (κ1) is 10.7. The molecule has 0 aliphatic carbocycles. The van der Waals surface area contributed by atoms with Gasteiger partial charge in [-0.2, -0.15) is 0 Å². The molecule has 4 heteroatoms. The van der Waals surface area contributed by atoms with E-state index in [1.54, 1.807) is 16.7 Å². The van der Waals surface area contributed by atoms with Crippen LogP contribution in [0.2, 0.25) is 0 Å². The Kier molecular flexibility index (Phi) is 3.47. The van der Waals surface area contributed by atoms with Crippen LogP contribution in [0.4, 0.5) is 4.79 Å². The molecular formula is C9H17NO2S. The Labute approximate surface area is 83.8 Å². The molecule has 1 aliphatic heterocycles. The van der Waals surface area contributed by atoms with Gasteiger partial charge in [-0.25, -0.2) is 4.79 Å². The van der Waals surface area contributed by atoms with E-state index in [-0.39, 0.29) is 11.7 Å². The fraction of sp³-hybridized carbons (Fsp3) is 0.889. The molecule has 0 unspecified atom stereocenters. The quantitative estimate of drug-likeness (QED) is 0.605. The molecule has 0 bridgehead atoms. The Morgan fingerprint density at radius 3 is 2.62 bits per heavy atom. The summed E-state index contributed by atoms with van der Waals surface area (Å²) < 4.78 is 5.25. The summed E-state index contributed by atoms with van der Waals surface area (Å²) in [5.74, 6) is 1.92. The van der Waals surface area contributed by atoms with Gasteiger partial charge in [-0.15, -0.1) is 11.8 Å². The van der Waals surface area contributed by atoms with Gasteiger partial charge in [-0.05, 0) is 32.9 Å². The molecule has 0 aromatic carbocycles. The van der Waals surface area contributed by atoms with Crippen LogP contribution < -0.4 is 0 Å². The molecule has 1 amide bonds. The van der Waals surface area contributed by atoms with Crippen LogP contribution in [0.25, 0.3) is 0 Å². The molecule has 0 aromatic rings. The molecule has 0 atom stereocenters. The normalized spacial score (nSPS) is 18.5. The number of hydrogen-bond acceptors (Lipinski definition) is 3. The number of nitrogens with zero attached hydrogens (tertiary/aromatic N) is 1. The van der Waals surface area contributed by atoms with Crippen LogP contribution in [0.5, 0.6) is 0 Å². The summed E-state index contributed by atoms with van der Waals surface area (Å²) in [5.41, 5.74) is -0.376. The number of hydrogen-bond donors (Lipinski definition) is 0. The monoisotopic (exact) mass is 203 g/mol. The first-order valence-electron chi connectivity index (χ1n) is 4.55. The second-order valence-electron chi connectivity index (χ2n) is 4.13. The molecular weight excluding hydrogens is 186 g/mol. The molecule has 0 saturated carbocycles. The Hall–Kier alpha value is -0.380. The highest BCUT2D eigenvalue weighted by Gasteiger charge is 2.23. The van der Waals surface area contributed by atoms with Crippen molar-refractivity contribution in [1.29, 1.82) is 0 Å². The lowest BCUT2D eigenvalue weighted by Gasteiger charge is -2.29. The Morgan fingerprint density at radius 1 is 1.46 bits per heavy atom. The summed E-state index contributed by atoms with van der Waals surface area (Å²) >= 11 is 1.78. The van der Waals surface area contributed by atoms with Crippen LogP contribution in [-0.2, 0) is 4.74 Å². The summed E-state index contributed by atoms with van der Waals surface area (Å²) in [4.78, 5) is 13.3. The van der Waals surface area contributed by atoms with Crippen molar-refractivity contribution in [3.63, 3.8) is 0 Å². The molecule has 0 aromatic heterocycles. The van der Waals surface area contributed by atoms with E-state index < -0.39 is 0 Å². The molecule has 1 saturated heterocycles. The van der Waals surface area contributed by atoms with Crippen molar-refractivity contribution in [2.75, 3.05) is 18.2 Å². The largest absolute Gasteiger partial charge is 0.444 e. The molecule has 0 spiro atoms. The van der Waals surface area contributed by atoms with Gasteiger partial charge in [0.1, 0.15) is 5.60 Å². The number of carbonyl (C=O) groups is 1. The smallest absolute Gasteiger partial charge is 0.410 e. The van der Waals surface area contributed by atoms with E-state index in [2.05, 4.69) is 0 Å². The van der Waals surface area contributed by atoms with E-state index in [4.69, 9.17) is 4.74 Å². The van der Waals surface area contributed by atoms with E-state index in [1.165, 1.54) is 0 Å². The van der Waals surface area contributed by atoms with E-state index in [1.807, 2.05) is 20.8 Å². The minimum absolute atomic E-state index is 0.181. The fourth-order valence-corrected chi connectivity index (χ4v) is 1.98. The minimum Gasteiger partial charge on any atom is -0.444 e. The highest BCUT2D eigenvalue weighted by Crippen LogP contribution is 2.17. The average molecular weight is 203 g/mol. The number of rotatable bonds is 0. The zero-order valence-electron chi connectivity index (χ0n) is 8.50. The standard InChI is InChI=1S/C9H17NO2S/c1-9(2,3)12-8(11)10-5-4-6-13-7-10/h4-7H2,1-3H3. The minimum atomic E-state index is -0.376. The summed E-state index contributed by atoms with van der Waals surface area (Å²) in [5, 5.41) is 0. The van der Waals surface area contributed by atoms with Gasteiger partial charge in [-0.3, -0.25) is 4.90 Å². The molecule has 1 aliphatic rings. The zero-order chi connectivity index (χ0) is 9.90. The maximum absolute atomic E-state index is 11.5. The third-order valence-electron chi connectivity index (χ3n) is 1.62. The predicted molar refractivity (Wildman–Crippen MR) is 54.9 cm³/mol. The van der Waals surface area contributed by atoms with E-state index in [0.717, 1.165) is 24.6 Å².